The molecule has 0 amide bonds. The predicted octanol–water partition coefficient (Wildman–Crippen LogP) is 4.28. The lowest BCUT2D eigenvalue weighted by Crippen LogP contribution is -2.08. The summed E-state index contributed by atoms with van der Waals surface area (Å²) in [4.78, 5) is 4.29. The number of halogens is 4. The highest BCUT2D eigenvalue weighted by Crippen LogP contribution is 2.38. The van der Waals surface area contributed by atoms with E-state index in [1.54, 1.807) is 30.3 Å². The quantitative estimate of drug-likeness (QED) is 0.695. The highest BCUT2D eigenvalue weighted by molar-refractivity contribution is 7.83. The summed E-state index contributed by atoms with van der Waals surface area (Å²) in [6.45, 7) is 0. The summed E-state index contributed by atoms with van der Waals surface area (Å²) in [5.74, 6) is 0. The molecule has 0 saturated carbocycles. The van der Waals surface area contributed by atoms with Crippen LogP contribution in [-0.4, -0.2) is 13.2 Å². The largest absolute Gasteiger partial charge is 0.419 e. The Labute approximate surface area is 130 Å². The van der Waals surface area contributed by atoms with Crippen LogP contribution in [0.4, 0.5) is 13.2 Å². The van der Waals surface area contributed by atoms with E-state index in [0.717, 1.165) is 0 Å². The fourth-order valence-electron chi connectivity index (χ4n) is 2.01. The van der Waals surface area contributed by atoms with E-state index in [0.29, 0.717) is 11.1 Å². The van der Waals surface area contributed by atoms with Gasteiger partial charge in [0.15, 0.2) is 16.6 Å². The second-order valence-electron chi connectivity index (χ2n) is 4.42. The lowest BCUT2D eigenvalue weighted by Gasteiger charge is -2.09. The van der Waals surface area contributed by atoms with Crippen LogP contribution < -0.4 is 0 Å². The average Bonchev–Trinajstić information content (AvgIpc) is 2.91. The Morgan fingerprint density at radius 2 is 1.82 bits per heavy atom. The number of rotatable bonds is 2. The summed E-state index contributed by atoms with van der Waals surface area (Å²) in [5, 5.41) is -0.331. The van der Waals surface area contributed by atoms with Crippen molar-refractivity contribution in [1.82, 2.24) is 8.96 Å². The van der Waals surface area contributed by atoms with E-state index in [-0.39, 0.29) is 11.0 Å². The standard InChI is InChI=1S/C14H8ClF3N2OS/c15-12-10-6-7-20(22(21)9-4-2-1-3-5-9)13(10)19-8-11(12)14(16,17)18/h1-8H. The fraction of sp³-hybridized carbons (Fsp3) is 0.0714. The van der Waals surface area contributed by atoms with Crippen molar-refractivity contribution in [1.29, 1.82) is 0 Å². The van der Waals surface area contributed by atoms with Crippen LogP contribution in [0, 0.1) is 0 Å². The molecule has 0 radical (unpaired) electrons. The smallest absolute Gasteiger partial charge is 0.246 e. The maximum atomic E-state index is 12.8. The van der Waals surface area contributed by atoms with Gasteiger partial charge in [0.1, 0.15) is 0 Å². The first-order valence-electron chi connectivity index (χ1n) is 6.09. The van der Waals surface area contributed by atoms with E-state index in [4.69, 9.17) is 11.6 Å². The molecule has 1 aromatic carbocycles. The Balaban J connectivity index is 2.15. The van der Waals surface area contributed by atoms with Crippen LogP contribution in [0.2, 0.25) is 5.02 Å². The lowest BCUT2D eigenvalue weighted by molar-refractivity contribution is -0.137. The second-order valence-corrected chi connectivity index (χ2v) is 6.17. The number of aromatic nitrogens is 2. The van der Waals surface area contributed by atoms with Gasteiger partial charge in [0.25, 0.3) is 0 Å². The van der Waals surface area contributed by atoms with E-state index >= 15 is 0 Å². The van der Waals surface area contributed by atoms with Crippen molar-refractivity contribution in [3.8, 4) is 0 Å². The molecule has 0 saturated heterocycles. The first-order valence-corrected chi connectivity index (χ1v) is 7.58. The monoisotopic (exact) mass is 344 g/mol. The topological polar surface area (TPSA) is 34.9 Å². The summed E-state index contributed by atoms with van der Waals surface area (Å²) in [7, 11) is -1.61. The molecule has 8 heteroatoms. The fourth-order valence-corrected chi connectivity index (χ4v) is 3.41. The van der Waals surface area contributed by atoms with Crippen molar-refractivity contribution < 1.29 is 17.4 Å². The molecule has 3 nitrogen and oxygen atoms in total. The van der Waals surface area contributed by atoms with Crippen molar-refractivity contribution in [2.24, 2.45) is 0 Å². The Morgan fingerprint density at radius 1 is 1.14 bits per heavy atom. The van der Waals surface area contributed by atoms with Gasteiger partial charge < -0.3 is 0 Å². The molecule has 1 unspecified atom stereocenters. The molecule has 0 aliphatic rings. The van der Waals surface area contributed by atoms with Crippen LogP contribution in [0.1, 0.15) is 5.56 Å². The van der Waals surface area contributed by atoms with E-state index in [1.165, 1.54) is 16.2 Å². The maximum Gasteiger partial charge on any atom is 0.419 e. The normalized spacial score (nSPS) is 13.5. The minimum Gasteiger partial charge on any atom is -0.246 e. The number of fused-ring (bicyclic) bond motifs is 1. The van der Waals surface area contributed by atoms with E-state index < -0.39 is 27.7 Å². The number of alkyl halides is 3. The molecule has 3 aromatic rings. The Bertz CT molecular complexity index is 862. The van der Waals surface area contributed by atoms with Crippen LogP contribution in [0.15, 0.2) is 53.7 Å². The summed E-state index contributed by atoms with van der Waals surface area (Å²) >= 11 is 5.82. The van der Waals surface area contributed by atoms with Gasteiger partial charge in [-0.05, 0) is 18.2 Å². The summed E-state index contributed by atoms with van der Waals surface area (Å²) in [6, 6.07) is 9.92. The Hall–Kier alpha value is -1.86. The average molecular weight is 345 g/mol. The van der Waals surface area contributed by atoms with Crippen molar-refractivity contribution in [3.63, 3.8) is 0 Å². The minimum atomic E-state index is -4.58. The molecule has 0 aliphatic carbocycles. The zero-order valence-corrected chi connectivity index (χ0v) is 12.4. The van der Waals surface area contributed by atoms with Gasteiger partial charge in [0, 0.05) is 17.8 Å². The molecule has 0 fully saturated rings. The van der Waals surface area contributed by atoms with Crippen LogP contribution in [0.25, 0.3) is 11.0 Å². The Kier molecular flexibility index (Phi) is 3.70. The molecule has 22 heavy (non-hydrogen) atoms. The highest BCUT2D eigenvalue weighted by Gasteiger charge is 2.35. The Morgan fingerprint density at radius 3 is 2.45 bits per heavy atom. The molecule has 1 atom stereocenters. The van der Waals surface area contributed by atoms with E-state index in [9.17, 15) is 17.4 Å². The third-order valence-corrected chi connectivity index (χ3v) is 4.78. The molecule has 0 aliphatic heterocycles. The second kappa shape index (κ2) is 5.40. The zero-order chi connectivity index (χ0) is 15.9. The summed E-state index contributed by atoms with van der Waals surface area (Å²) in [5.41, 5.74) is -0.870. The van der Waals surface area contributed by atoms with Gasteiger partial charge in [-0.15, -0.1) is 0 Å². The molecule has 0 spiro atoms. The molecule has 0 bridgehead atoms. The van der Waals surface area contributed by atoms with Gasteiger partial charge in [0.2, 0.25) is 0 Å². The van der Waals surface area contributed by atoms with Crippen molar-refractivity contribution in [2.45, 2.75) is 11.1 Å². The maximum absolute atomic E-state index is 12.8. The molecular formula is C14H8ClF3N2OS. The molecule has 0 N–H and O–H groups in total. The number of nitrogens with zero attached hydrogens (tertiary/aromatic N) is 2. The van der Waals surface area contributed by atoms with Crippen LogP contribution in [0.3, 0.4) is 0 Å². The molecule has 3 rings (SSSR count). The molecule has 2 heterocycles. The SMILES string of the molecule is O=S(c1ccccc1)n1ccc2c(Cl)c(C(F)(F)F)cnc21. The molecule has 2 aromatic heterocycles. The molecule has 114 valence electrons. The number of benzene rings is 1. The van der Waals surface area contributed by atoms with Crippen molar-refractivity contribution >= 4 is 33.6 Å². The van der Waals surface area contributed by atoms with E-state index in [1.807, 2.05) is 0 Å². The minimum absolute atomic E-state index is 0.112. The summed E-state index contributed by atoms with van der Waals surface area (Å²) in [6.07, 6.45) is -2.52. The van der Waals surface area contributed by atoms with Crippen LogP contribution in [-0.2, 0) is 17.2 Å². The van der Waals surface area contributed by atoms with Gasteiger partial charge in [-0.1, -0.05) is 29.8 Å². The third-order valence-electron chi connectivity index (χ3n) is 3.04. The number of hydrogen-bond acceptors (Lipinski definition) is 2. The van der Waals surface area contributed by atoms with Gasteiger partial charge >= 0.3 is 6.18 Å². The predicted molar refractivity (Wildman–Crippen MR) is 78.0 cm³/mol. The first-order chi connectivity index (χ1) is 10.4. The van der Waals surface area contributed by atoms with Gasteiger partial charge in [-0.25, -0.2) is 13.2 Å². The van der Waals surface area contributed by atoms with Gasteiger partial charge in [-0.3, -0.25) is 0 Å². The summed E-state index contributed by atoms with van der Waals surface area (Å²) < 4.78 is 52.2. The van der Waals surface area contributed by atoms with E-state index in [2.05, 4.69) is 4.98 Å². The van der Waals surface area contributed by atoms with Crippen molar-refractivity contribution in [2.75, 3.05) is 0 Å². The van der Waals surface area contributed by atoms with Crippen molar-refractivity contribution in [3.05, 3.63) is 59.4 Å². The van der Waals surface area contributed by atoms with Crippen LogP contribution >= 0.6 is 11.6 Å². The molecular weight excluding hydrogens is 337 g/mol. The number of pyridine rings is 1. The zero-order valence-electron chi connectivity index (χ0n) is 10.8. The van der Waals surface area contributed by atoms with Gasteiger partial charge in [-0.2, -0.15) is 13.2 Å². The van der Waals surface area contributed by atoms with Gasteiger partial charge in [0.05, 0.1) is 15.5 Å². The third kappa shape index (κ3) is 2.50. The lowest BCUT2D eigenvalue weighted by atomic mass is 10.2. The highest BCUT2D eigenvalue weighted by atomic mass is 35.5. The number of hydrogen-bond donors (Lipinski definition) is 0. The first kappa shape index (κ1) is 15.1. The van der Waals surface area contributed by atoms with Crippen LogP contribution in [0.5, 0.6) is 0 Å².